The summed E-state index contributed by atoms with van der Waals surface area (Å²) in [6.45, 7) is 16.2. The van der Waals surface area contributed by atoms with Crippen LogP contribution in [-0.4, -0.2) is 3.42 Å². The topological polar surface area (TPSA) is 0 Å². The minimum atomic E-state index is 0.228. The molecule has 1 aliphatic carbocycles. The van der Waals surface area contributed by atoms with Crippen LogP contribution in [0.5, 0.6) is 0 Å². The molecule has 0 aromatic heterocycles. The average Bonchev–Trinajstić information content (AvgIpc) is 2.56. The zero-order valence-electron chi connectivity index (χ0n) is 15.4. The van der Waals surface area contributed by atoms with Gasteiger partial charge < -0.3 is 0 Å². The molecule has 1 fully saturated rings. The number of rotatable bonds is 4. The number of hydrogen-bond donors (Lipinski definition) is 0. The van der Waals surface area contributed by atoms with Crippen molar-refractivity contribution in [3.05, 3.63) is 27.7 Å². The standard InChI is InChI=1S/C20H33IS/c1-8-9-19(22-13-16(4)20(6,7)21)18-11-10-14(2)17(5)15(3)12-18/h8,13-15,17-18H,10-12H2,1-7H3/b16-13+/t9?,14-,15?,17?,18-/m1/s1. The summed E-state index contributed by atoms with van der Waals surface area (Å²) in [5.41, 5.74) is 4.99. The van der Waals surface area contributed by atoms with E-state index in [1.165, 1.54) is 29.7 Å². The van der Waals surface area contributed by atoms with Gasteiger partial charge in [-0.25, -0.2) is 0 Å². The molecule has 0 heterocycles. The van der Waals surface area contributed by atoms with Gasteiger partial charge in [-0.15, -0.1) is 5.73 Å². The Kier molecular flexibility index (Phi) is 8.33. The maximum atomic E-state index is 3.54. The summed E-state index contributed by atoms with van der Waals surface area (Å²) < 4.78 is 0.228. The molecular weight excluding hydrogens is 399 g/mol. The Labute approximate surface area is 156 Å². The molecule has 1 aliphatic rings. The highest BCUT2D eigenvalue weighted by atomic mass is 127. The predicted molar refractivity (Wildman–Crippen MR) is 112 cm³/mol. The van der Waals surface area contributed by atoms with Gasteiger partial charge in [0.15, 0.2) is 0 Å². The number of hydrogen-bond acceptors (Lipinski definition) is 1. The molecule has 2 heteroatoms. The summed E-state index contributed by atoms with van der Waals surface area (Å²) in [4.78, 5) is 1.44. The fraction of sp³-hybridized carbons (Fsp3) is 0.750. The molecule has 0 bridgehead atoms. The molecular formula is C20H33IS. The van der Waals surface area contributed by atoms with Crippen molar-refractivity contribution in [2.75, 3.05) is 0 Å². The fourth-order valence-corrected chi connectivity index (χ4v) is 4.55. The van der Waals surface area contributed by atoms with Crippen molar-refractivity contribution >= 4 is 34.4 Å². The van der Waals surface area contributed by atoms with Crippen molar-refractivity contribution in [1.82, 2.24) is 0 Å². The van der Waals surface area contributed by atoms with Gasteiger partial charge in [-0.2, -0.15) is 0 Å². The highest BCUT2D eigenvalue weighted by Gasteiger charge is 2.29. The molecule has 0 saturated heterocycles. The maximum absolute atomic E-state index is 3.54. The maximum Gasteiger partial charge on any atom is 0.0379 e. The van der Waals surface area contributed by atoms with Gasteiger partial charge in [0.25, 0.3) is 0 Å². The largest absolute Gasteiger partial charge is 0.114 e. The molecule has 0 N–H and O–H groups in total. The third-order valence-corrected chi connectivity index (χ3v) is 7.41. The van der Waals surface area contributed by atoms with Crippen LogP contribution in [0.4, 0.5) is 0 Å². The zero-order chi connectivity index (χ0) is 16.9. The van der Waals surface area contributed by atoms with Gasteiger partial charge in [-0.1, -0.05) is 60.7 Å². The highest BCUT2D eigenvalue weighted by molar-refractivity contribution is 14.1. The van der Waals surface area contributed by atoms with Crippen LogP contribution in [0.1, 0.15) is 67.7 Å². The van der Waals surface area contributed by atoms with E-state index in [4.69, 9.17) is 0 Å². The minimum Gasteiger partial charge on any atom is -0.114 e. The molecule has 0 spiro atoms. The summed E-state index contributed by atoms with van der Waals surface area (Å²) >= 11 is 4.43. The van der Waals surface area contributed by atoms with E-state index in [2.05, 4.69) is 88.3 Å². The van der Waals surface area contributed by atoms with Crippen LogP contribution in [0.2, 0.25) is 0 Å². The summed E-state index contributed by atoms with van der Waals surface area (Å²) in [5, 5.41) is 2.35. The van der Waals surface area contributed by atoms with Gasteiger partial charge in [0, 0.05) is 8.33 Å². The SMILES string of the molecule is CC=C=C(S/C=C(\C)C(C)(C)I)[C@@H]1CC[C@@H](C)C(C)C(C)C1. The van der Waals surface area contributed by atoms with Gasteiger partial charge in [-0.3, -0.25) is 0 Å². The molecule has 22 heavy (non-hydrogen) atoms. The van der Waals surface area contributed by atoms with Gasteiger partial charge in [-0.05, 0) is 82.1 Å². The second kappa shape index (κ2) is 8.99. The van der Waals surface area contributed by atoms with Crippen LogP contribution < -0.4 is 0 Å². The first-order valence-electron chi connectivity index (χ1n) is 8.60. The lowest BCUT2D eigenvalue weighted by Crippen LogP contribution is -2.14. The lowest BCUT2D eigenvalue weighted by atomic mass is 9.83. The molecule has 126 valence electrons. The van der Waals surface area contributed by atoms with E-state index in [-0.39, 0.29) is 3.42 Å². The molecule has 1 rings (SSSR count). The Bertz CT molecular complexity index is 449. The van der Waals surface area contributed by atoms with Crippen molar-refractivity contribution in [2.24, 2.45) is 23.7 Å². The van der Waals surface area contributed by atoms with Crippen LogP contribution >= 0.6 is 34.4 Å². The Balaban J connectivity index is 2.91. The zero-order valence-corrected chi connectivity index (χ0v) is 18.3. The minimum absolute atomic E-state index is 0.228. The normalized spacial score (nSPS) is 30.5. The van der Waals surface area contributed by atoms with Crippen LogP contribution in [0.25, 0.3) is 0 Å². The Hall–Kier alpha value is 0.340. The molecule has 0 nitrogen and oxygen atoms in total. The van der Waals surface area contributed by atoms with Gasteiger partial charge in [0.2, 0.25) is 0 Å². The molecule has 0 radical (unpaired) electrons. The molecule has 0 amide bonds. The summed E-state index contributed by atoms with van der Waals surface area (Å²) in [5.74, 6) is 3.18. The van der Waals surface area contributed by atoms with Crippen LogP contribution in [-0.2, 0) is 0 Å². The first kappa shape index (κ1) is 20.4. The summed E-state index contributed by atoms with van der Waals surface area (Å²) in [6, 6.07) is 0. The van der Waals surface area contributed by atoms with Crippen molar-refractivity contribution < 1.29 is 0 Å². The van der Waals surface area contributed by atoms with Crippen molar-refractivity contribution in [1.29, 1.82) is 0 Å². The summed E-state index contributed by atoms with van der Waals surface area (Å²) in [7, 11) is 0. The lowest BCUT2D eigenvalue weighted by molar-refractivity contribution is 0.280. The van der Waals surface area contributed by atoms with Crippen molar-refractivity contribution in [2.45, 2.75) is 71.2 Å². The summed E-state index contributed by atoms with van der Waals surface area (Å²) in [6.07, 6.45) is 6.07. The van der Waals surface area contributed by atoms with Gasteiger partial charge in [0.1, 0.15) is 0 Å². The van der Waals surface area contributed by atoms with E-state index in [1.807, 2.05) is 11.8 Å². The molecule has 0 aromatic carbocycles. The van der Waals surface area contributed by atoms with Crippen LogP contribution in [0.3, 0.4) is 0 Å². The molecule has 4 atom stereocenters. The first-order chi connectivity index (χ1) is 10.2. The monoisotopic (exact) mass is 432 g/mol. The Morgan fingerprint density at radius 2 is 1.82 bits per heavy atom. The van der Waals surface area contributed by atoms with E-state index < -0.39 is 0 Å². The van der Waals surface area contributed by atoms with Gasteiger partial charge >= 0.3 is 0 Å². The third-order valence-electron chi connectivity index (χ3n) is 5.38. The van der Waals surface area contributed by atoms with E-state index in [1.54, 1.807) is 0 Å². The molecule has 0 aromatic rings. The van der Waals surface area contributed by atoms with Gasteiger partial charge in [0.05, 0.1) is 0 Å². The smallest absolute Gasteiger partial charge is 0.0379 e. The number of halogens is 1. The highest BCUT2D eigenvalue weighted by Crippen LogP contribution is 2.42. The molecule has 2 unspecified atom stereocenters. The van der Waals surface area contributed by atoms with E-state index in [0.29, 0.717) is 5.92 Å². The van der Waals surface area contributed by atoms with E-state index >= 15 is 0 Å². The first-order valence-corrected chi connectivity index (χ1v) is 10.6. The molecule has 0 aliphatic heterocycles. The fourth-order valence-electron chi connectivity index (χ4n) is 2.99. The number of allylic oxidation sites excluding steroid dienone is 2. The third kappa shape index (κ3) is 6.09. The van der Waals surface area contributed by atoms with E-state index in [0.717, 1.165) is 17.8 Å². The second-order valence-corrected chi connectivity index (χ2v) is 11.1. The van der Waals surface area contributed by atoms with Crippen LogP contribution in [0, 0.1) is 23.7 Å². The predicted octanol–water partition coefficient (Wildman–Crippen LogP) is 7.60. The lowest BCUT2D eigenvalue weighted by Gasteiger charge is -2.23. The average molecular weight is 432 g/mol. The Morgan fingerprint density at radius 1 is 1.18 bits per heavy atom. The number of thioether (sulfide) groups is 1. The molecule has 1 saturated carbocycles. The Morgan fingerprint density at radius 3 is 2.36 bits per heavy atom. The quantitative estimate of drug-likeness (QED) is 0.191. The van der Waals surface area contributed by atoms with Crippen molar-refractivity contribution in [3.8, 4) is 0 Å². The number of alkyl halides is 1. The van der Waals surface area contributed by atoms with E-state index in [9.17, 15) is 0 Å². The van der Waals surface area contributed by atoms with Crippen molar-refractivity contribution in [3.63, 3.8) is 0 Å². The second-order valence-electron chi connectivity index (χ2n) is 7.51. The van der Waals surface area contributed by atoms with Crippen LogP contribution in [0.15, 0.2) is 27.7 Å².